The molecule has 0 spiro atoms. The standard InChI is InChI=1S/C11H20N4O2S/c1-4-7-14(5-2)10-12-13-11(15(10)6-3)18-8-9(16)17/h4-8H2,1-3H3,(H,16,17). The van der Waals surface area contributed by atoms with Gasteiger partial charge in [-0.15, -0.1) is 10.2 Å². The van der Waals surface area contributed by atoms with Crippen LogP contribution in [0.5, 0.6) is 0 Å². The summed E-state index contributed by atoms with van der Waals surface area (Å²) in [6.07, 6.45) is 1.04. The van der Waals surface area contributed by atoms with E-state index in [-0.39, 0.29) is 5.75 Å². The minimum absolute atomic E-state index is 0.0119. The smallest absolute Gasteiger partial charge is 0.313 e. The van der Waals surface area contributed by atoms with Crippen LogP contribution < -0.4 is 4.90 Å². The predicted molar refractivity (Wildman–Crippen MR) is 72.2 cm³/mol. The van der Waals surface area contributed by atoms with Crippen molar-refractivity contribution < 1.29 is 9.90 Å². The van der Waals surface area contributed by atoms with Gasteiger partial charge in [0.1, 0.15) is 0 Å². The molecule has 1 N–H and O–H groups in total. The molecule has 0 aliphatic rings. The summed E-state index contributed by atoms with van der Waals surface area (Å²) in [7, 11) is 0. The molecular weight excluding hydrogens is 252 g/mol. The van der Waals surface area contributed by atoms with E-state index in [1.54, 1.807) is 0 Å². The third-order valence-corrected chi connectivity index (χ3v) is 3.45. The number of hydrogen-bond donors (Lipinski definition) is 1. The Bertz CT molecular complexity index is 394. The van der Waals surface area contributed by atoms with Crippen molar-refractivity contribution in [1.29, 1.82) is 0 Å². The summed E-state index contributed by atoms with van der Waals surface area (Å²) >= 11 is 1.21. The zero-order valence-corrected chi connectivity index (χ0v) is 11.9. The molecule has 6 nitrogen and oxygen atoms in total. The molecule has 0 aliphatic heterocycles. The first-order valence-corrected chi connectivity index (χ1v) is 7.15. The molecule has 0 amide bonds. The van der Waals surface area contributed by atoms with Crippen LogP contribution in [0.4, 0.5) is 5.95 Å². The first-order valence-electron chi connectivity index (χ1n) is 6.16. The van der Waals surface area contributed by atoms with Gasteiger partial charge in [0.2, 0.25) is 5.95 Å². The average molecular weight is 272 g/mol. The number of carbonyl (C=O) groups is 1. The molecule has 0 fully saturated rings. The van der Waals surface area contributed by atoms with E-state index >= 15 is 0 Å². The lowest BCUT2D eigenvalue weighted by Gasteiger charge is -2.21. The van der Waals surface area contributed by atoms with Gasteiger partial charge in [-0.25, -0.2) is 0 Å². The van der Waals surface area contributed by atoms with Gasteiger partial charge in [-0.05, 0) is 20.3 Å². The summed E-state index contributed by atoms with van der Waals surface area (Å²) in [5.41, 5.74) is 0. The molecule has 7 heteroatoms. The van der Waals surface area contributed by atoms with Gasteiger partial charge >= 0.3 is 5.97 Å². The average Bonchev–Trinajstić information content (AvgIpc) is 2.76. The Morgan fingerprint density at radius 3 is 2.61 bits per heavy atom. The molecule has 1 aromatic heterocycles. The quantitative estimate of drug-likeness (QED) is 0.726. The van der Waals surface area contributed by atoms with Crippen LogP contribution in [-0.4, -0.2) is 44.7 Å². The van der Waals surface area contributed by atoms with Crippen molar-refractivity contribution >= 4 is 23.7 Å². The third-order valence-electron chi connectivity index (χ3n) is 2.50. The molecule has 18 heavy (non-hydrogen) atoms. The van der Waals surface area contributed by atoms with Crippen LogP contribution in [0.25, 0.3) is 0 Å². The highest BCUT2D eigenvalue weighted by molar-refractivity contribution is 7.99. The first kappa shape index (κ1) is 14.8. The number of aromatic nitrogens is 3. The molecule has 0 unspecified atom stereocenters. The van der Waals surface area contributed by atoms with Crippen molar-refractivity contribution in [3.63, 3.8) is 0 Å². The fraction of sp³-hybridized carbons (Fsp3) is 0.727. The topological polar surface area (TPSA) is 71.2 Å². The number of thioether (sulfide) groups is 1. The van der Waals surface area contributed by atoms with Gasteiger partial charge in [0.25, 0.3) is 0 Å². The molecule has 102 valence electrons. The van der Waals surface area contributed by atoms with E-state index in [1.807, 2.05) is 11.5 Å². The first-order chi connectivity index (χ1) is 8.63. The third kappa shape index (κ3) is 3.63. The Labute approximate surface area is 111 Å². The molecule has 0 atom stereocenters. The SMILES string of the molecule is CCCN(CC)c1nnc(SCC(=O)O)n1CC. The van der Waals surface area contributed by atoms with Gasteiger partial charge in [0.15, 0.2) is 5.16 Å². The maximum atomic E-state index is 10.6. The van der Waals surface area contributed by atoms with Gasteiger partial charge in [0, 0.05) is 19.6 Å². The van der Waals surface area contributed by atoms with Crippen LogP contribution >= 0.6 is 11.8 Å². The number of carboxylic acid groups (broad SMARTS) is 1. The molecule has 0 saturated carbocycles. The molecule has 1 heterocycles. The van der Waals surface area contributed by atoms with Gasteiger partial charge in [-0.2, -0.15) is 0 Å². The van der Waals surface area contributed by atoms with Crippen molar-refractivity contribution in [1.82, 2.24) is 14.8 Å². The molecule has 0 aliphatic carbocycles. The maximum absolute atomic E-state index is 10.6. The monoisotopic (exact) mass is 272 g/mol. The highest BCUT2D eigenvalue weighted by Crippen LogP contribution is 2.21. The Morgan fingerprint density at radius 2 is 2.11 bits per heavy atom. The van der Waals surface area contributed by atoms with E-state index in [1.165, 1.54) is 11.8 Å². The minimum atomic E-state index is -0.840. The zero-order chi connectivity index (χ0) is 13.5. The number of carboxylic acids is 1. The van der Waals surface area contributed by atoms with Crippen LogP contribution in [0.2, 0.25) is 0 Å². The van der Waals surface area contributed by atoms with Crippen LogP contribution in [0.15, 0.2) is 5.16 Å². The Morgan fingerprint density at radius 1 is 1.39 bits per heavy atom. The van der Waals surface area contributed by atoms with Gasteiger partial charge in [-0.1, -0.05) is 18.7 Å². The van der Waals surface area contributed by atoms with E-state index < -0.39 is 5.97 Å². The van der Waals surface area contributed by atoms with Crippen molar-refractivity contribution in [2.24, 2.45) is 0 Å². The van der Waals surface area contributed by atoms with E-state index in [4.69, 9.17) is 5.11 Å². The molecule has 0 bridgehead atoms. The summed E-state index contributed by atoms with van der Waals surface area (Å²) in [6, 6.07) is 0. The largest absolute Gasteiger partial charge is 0.481 e. The van der Waals surface area contributed by atoms with Crippen molar-refractivity contribution in [2.75, 3.05) is 23.7 Å². The fourth-order valence-corrected chi connectivity index (χ4v) is 2.41. The number of nitrogens with zero attached hydrogens (tertiary/aromatic N) is 4. The van der Waals surface area contributed by atoms with Gasteiger partial charge in [-0.3, -0.25) is 9.36 Å². The summed E-state index contributed by atoms with van der Waals surface area (Å²) < 4.78 is 1.97. The summed E-state index contributed by atoms with van der Waals surface area (Å²) in [5.74, 6) is 0.000688. The van der Waals surface area contributed by atoms with Crippen LogP contribution in [-0.2, 0) is 11.3 Å². The molecular formula is C11H20N4O2S. The second kappa shape index (κ2) is 7.25. The molecule has 0 aromatic carbocycles. The highest BCUT2D eigenvalue weighted by atomic mass is 32.2. The van der Waals surface area contributed by atoms with Crippen LogP contribution in [0.1, 0.15) is 27.2 Å². The number of aliphatic carboxylic acids is 1. The zero-order valence-electron chi connectivity index (χ0n) is 11.1. The Kier molecular flexibility index (Phi) is 5.97. The van der Waals surface area contributed by atoms with E-state index in [2.05, 4.69) is 28.9 Å². The highest BCUT2D eigenvalue weighted by Gasteiger charge is 2.16. The number of rotatable bonds is 8. The second-order valence-corrected chi connectivity index (χ2v) is 4.73. The number of hydrogen-bond acceptors (Lipinski definition) is 5. The normalized spacial score (nSPS) is 10.6. The summed E-state index contributed by atoms with van der Waals surface area (Å²) in [4.78, 5) is 12.7. The minimum Gasteiger partial charge on any atom is -0.481 e. The molecule has 0 saturated heterocycles. The summed E-state index contributed by atoms with van der Waals surface area (Å²) in [5, 5.41) is 17.6. The molecule has 1 rings (SSSR count). The van der Waals surface area contributed by atoms with Gasteiger partial charge < -0.3 is 10.0 Å². The Balaban J connectivity index is 2.89. The second-order valence-electron chi connectivity index (χ2n) is 3.79. The molecule has 1 aromatic rings. The fourth-order valence-electron chi connectivity index (χ4n) is 1.69. The van der Waals surface area contributed by atoms with Crippen LogP contribution in [0, 0.1) is 0 Å². The van der Waals surface area contributed by atoms with Crippen LogP contribution in [0.3, 0.4) is 0 Å². The number of anilines is 1. The van der Waals surface area contributed by atoms with Gasteiger partial charge in [0.05, 0.1) is 5.75 Å². The lowest BCUT2D eigenvalue weighted by molar-refractivity contribution is -0.133. The van der Waals surface area contributed by atoms with Crippen molar-refractivity contribution in [2.45, 2.75) is 38.9 Å². The summed E-state index contributed by atoms with van der Waals surface area (Å²) in [6.45, 7) is 8.75. The maximum Gasteiger partial charge on any atom is 0.313 e. The predicted octanol–water partition coefficient (Wildman–Crippen LogP) is 1.71. The van der Waals surface area contributed by atoms with Crippen molar-refractivity contribution in [3.05, 3.63) is 0 Å². The van der Waals surface area contributed by atoms with E-state index in [0.29, 0.717) is 5.16 Å². The lowest BCUT2D eigenvalue weighted by atomic mass is 10.4. The Hall–Kier alpha value is -1.24. The molecule has 0 radical (unpaired) electrons. The lowest BCUT2D eigenvalue weighted by Crippen LogP contribution is -2.27. The van der Waals surface area contributed by atoms with E-state index in [0.717, 1.165) is 32.0 Å². The van der Waals surface area contributed by atoms with Crippen molar-refractivity contribution in [3.8, 4) is 0 Å². The van der Waals surface area contributed by atoms with E-state index in [9.17, 15) is 4.79 Å².